The van der Waals surface area contributed by atoms with E-state index in [1.54, 1.807) is 20.8 Å². The second-order valence-corrected chi connectivity index (χ2v) is 7.24. The number of alkyl halides is 3. The largest absolute Gasteiger partial charge is 0.444 e. The summed E-state index contributed by atoms with van der Waals surface area (Å²) in [6.45, 7) is 5.01. The number of rotatable bonds is 4. The molecule has 5 nitrogen and oxygen atoms in total. The molecule has 29 heavy (non-hydrogen) atoms. The number of halogens is 4. The maximum atomic E-state index is 13.6. The first-order chi connectivity index (χ1) is 13.3. The standard InChI is InChI=1S/C20H20F4N2O3/c1-19(2,3)29-18(28)26-15-9-8-14(21)11-16(15)25-17(27)10-12-4-6-13(7-5-12)20(22,23)24/h4-9,11H,10H2,1-3H3,(H,25,27)(H,26,28). The topological polar surface area (TPSA) is 67.4 Å². The monoisotopic (exact) mass is 412 g/mol. The molecule has 0 heterocycles. The number of benzene rings is 2. The molecule has 2 aromatic rings. The van der Waals surface area contributed by atoms with Crippen LogP contribution in [0, 0.1) is 5.82 Å². The fourth-order valence-electron chi connectivity index (χ4n) is 2.33. The summed E-state index contributed by atoms with van der Waals surface area (Å²) in [5.74, 6) is -1.24. The van der Waals surface area contributed by atoms with Crippen LogP contribution >= 0.6 is 0 Å². The van der Waals surface area contributed by atoms with E-state index in [2.05, 4.69) is 10.6 Å². The molecule has 0 spiro atoms. The van der Waals surface area contributed by atoms with Crippen LogP contribution in [0.3, 0.4) is 0 Å². The van der Waals surface area contributed by atoms with Crippen molar-refractivity contribution in [1.82, 2.24) is 0 Å². The molecular weight excluding hydrogens is 392 g/mol. The van der Waals surface area contributed by atoms with Crippen LogP contribution in [0.1, 0.15) is 31.9 Å². The van der Waals surface area contributed by atoms with E-state index in [-0.39, 0.29) is 17.8 Å². The number of hydrogen-bond acceptors (Lipinski definition) is 3. The first kappa shape index (κ1) is 22.2. The van der Waals surface area contributed by atoms with Crippen molar-refractivity contribution in [3.63, 3.8) is 0 Å². The third-order valence-electron chi connectivity index (χ3n) is 3.54. The summed E-state index contributed by atoms with van der Waals surface area (Å²) in [6, 6.07) is 7.49. The average Bonchev–Trinajstić information content (AvgIpc) is 2.55. The fraction of sp³-hybridized carbons (Fsp3) is 0.300. The highest BCUT2D eigenvalue weighted by atomic mass is 19.4. The van der Waals surface area contributed by atoms with Crippen LogP contribution in [0.2, 0.25) is 0 Å². The molecule has 0 unspecified atom stereocenters. The van der Waals surface area contributed by atoms with Gasteiger partial charge in [-0.25, -0.2) is 9.18 Å². The highest BCUT2D eigenvalue weighted by Crippen LogP contribution is 2.29. The molecular formula is C20H20F4N2O3. The number of carbonyl (C=O) groups is 2. The molecule has 0 atom stereocenters. The minimum Gasteiger partial charge on any atom is -0.444 e. The van der Waals surface area contributed by atoms with Gasteiger partial charge in [0.15, 0.2) is 0 Å². The predicted octanol–water partition coefficient (Wildman–Crippen LogP) is 5.37. The van der Waals surface area contributed by atoms with Gasteiger partial charge in [0.2, 0.25) is 5.91 Å². The van der Waals surface area contributed by atoms with Gasteiger partial charge in [0.1, 0.15) is 11.4 Å². The zero-order chi connectivity index (χ0) is 21.8. The SMILES string of the molecule is CC(C)(C)OC(=O)Nc1ccc(F)cc1NC(=O)Cc1ccc(C(F)(F)F)cc1. The zero-order valence-electron chi connectivity index (χ0n) is 16.0. The number of nitrogens with one attached hydrogen (secondary N) is 2. The number of carbonyl (C=O) groups excluding carboxylic acids is 2. The molecule has 2 aromatic carbocycles. The van der Waals surface area contributed by atoms with Crippen molar-refractivity contribution in [1.29, 1.82) is 0 Å². The van der Waals surface area contributed by atoms with E-state index in [1.807, 2.05) is 0 Å². The number of anilines is 2. The number of ether oxygens (including phenoxy) is 1. The van der Waals surface area contributed by atoms with Gasteiger partial charge in [-0.2, -0.15) is 13.2 Å². The number of hydrogen-bond donors (Lipinski definition) is 2. The van der Waals surface area contributed by atoms with Gasteiger partial charge in [-0.1, -0.05) is 12.1 Å². The number of amides is 2. The second-order valence-electron chi connectivity index (χ2n) is 7.24. The van der Waals surface area contributed by atoms with Crippen molar-refractivity contribution < 1.29 is 31.9 Å². The Labute approximate surface area is 165 Å². The molecule has 0 bridgehead atoms. The van der Waals surface area contributed by atoms with E-state index in [9.17, 15) is 27.2 Å². The Kier molecular flexibility index (Phi) is 6.51. The van der Waals surface area contributed by atoms with E-state index in [0.29, 0.717) is 5.56 Å². The van der Waals surface area contributed by atoms with Crippen LogP contribution in [-0.2, 0) is 22.1 Å². The van der Waals surface area contributed by atoms with Crippen molar-refractivity contribution in [3.05, 3.63) is 59.4 Å². The summed E-state index contributed by atoms with van der Waals surface area (Å²) >= 11 is 0. The maximum Gasteiger partial charge on any atom is 0.416 e. The molecule has 2 N–H and O–H groups in total. The van der Waals surface area contributed by atoms with Crippen molar-refractivity contribution in [2.75, 3.05) is 10.6 Å². The lowest BCUT2D eigenvalue weighted by Gasteiger charge is -2.20. The molecule has 156 valence electrons. The molecule has 9 heteroatoms. The Morgan fingerprint density at radius 3 is 2.10 bits per heavy atom. The minimum absolute atomic E-state index is 0.00669. The summed E-state index contributed by atoms with van der Waals surface area (Å²) in [6.07, 6.45) is -5.49. The first-order valence-corrected chi connectivity index (χ1v) is 8.59. The quantitative estimate of drug-likeness (QED) is 0.664. The third-order valence-corrected chi connectivity index (χ3v) is 3.54. The van der Waals surface area contributed by atoms with Gasteiger partial charge in [0.25, 0.3) is 0 Å². The average molecular weight is 412 g/mol. The van der Waals surface area contributed by atoms with Crippen LogP contribution in [0.25, 0.3) is 0 Å². The normalized spacial score (nSPS) is 11.7. The van der Waals surface area contributed by atoms with Crippen molar-refractivity contribution in [2.24, 2.45) is 0 Å². The minimum atomic E-state index is -4.47. The molecule has 0 radical (unpaired) electrons. The summed E-state index contributed by atoms with van der Waals surface area (Å²) in [7, 11) is 0. The molecule has 0 aromatic heterocycles. The highest BCUT2D eigenvalue weighted by molar-refractivity contribution is 5.98. The Morgan fingerprint density at radius 2 is 1.55 bits per heavy atom. The first-order valence-electron chi connectivity index (χ1n) is 8.59. The summed E-state index contributed by atoms with van der Waals surface area (Å²) in [5.41, 5.74) is -1.13. The van der Waals surface area contributed by atoms with Gasteiger partial charge in [0.05, 0.1) is 23.4 Å². The summed E-state index contributed by atoms with van der Waals surface area (Å²) in [5, 5.41) is 4.86. The van der Waals surface area contributed by atoms with Crippen molar-refractivity contribution >= 4 is 23.4 Å². The van der Waals surface area contributed by atoms with Crippen LogP contribution in [0.15, 0.2) is 42.5 Å². The fourth-order valence-corrected chi connectivity index (χ4v) is 2.33. The molecule has 0 fully saturated rings. The van der Waals surface area contributed by atoms with E-state index < -0.39 is 35.2 Å². The van der Waals surface area contributed by atoms with Gasteiger partial charge in [0, 0.05) is 0 Å². The molecule has 0 aliphatic rings. The lowest BCUT2D eigenvalue weighted by atomic mass is 10.1. The molecule has 0 aliphatic heterocycles. The highest BCUT2D eigenvalue weighted by Gasteiger charge is 2.30. The van der Waals surface area contributed by atoms with Gasteiger partial charge >= 0.3 is 12.3 Å². The smallest absolute Gasteiger partial charge is 0.416 e. The second kappa shape index (κ2) is 8.50. The molecule has 2 rings (SSSR count). The van der Waals surface area contributed by atoms with Gasteiger partial charge in [-0.3, -0.25) is 10.1 Å². The Hall–Kier alpha value is -3.10. The van der Waals surface area contributed by atoms with E-state index in [0.717, 1.165) is 24.3 Å². The third kappa shape index (κ3) is 7.10. The lowest BCUT2D eigenvalue weighted by Crippen LogP contribution is -2.27. The molecule has 0 saturated carbocycles. The summed E-state index contributed by atoms with van der Waals surface area (Å²) < 4.78 is 56.5. The van der Waals surface area contributed by atoms with Gasteiger partial charge in [-0.05, 0) is 56.7 Å². The van der Waals surface area contributed by atoms with Crippen LogP contribution in [0.4, 0.5) is 33.7 Å². The zero-order valence-corrected chi connectivity index (χ0v) is 16.0. The molecule has 0 saturated heterocycles. The van der Waals surface area contributed by atoms with E-state index >= 15 is 0 Å². The lowest BCUT2D eigenvalue weighted by molar-refractivity contribution is -0.137. The van der Waals surface area contributed by atoms with Crippen LogP contribution in [-0.4, -0.2) is 17.6 Å². The van der Waals surface area contributed by atoms with Crippen molar-refractivity contribution in [2.45, 2.75) is 39.0 Å². The summed E-state index contributed by atoms with van der Waals surface area (Å²) in [4.78, 5) is 24.2. The molecule has 2 amide bonds. The Morgan fingerprint density at radius 1 is 0.931 bits per heavy atom. The maximum absolute atomic E-state index is 13.6. The predicted molar refractivity (Wildman–Crippen MR) is 100 cm³/mol. The van der Waals surface area contributed by atoms with E-state index in [4.69, 9.17) is 4.74 Å². The van der Waals surface area contributed by atoms with E-state index in [1.165, 1.54) is 18.2 Å². The Balaban J connectivity index is 2.09. The van der Waals surface area contributed by atoms with Crippen molar-refractivity contribution in [3.8, 4) is 0 Å². The van der Waals surface area contributed by atoms with Crippen LogP contribution < -0.4 is 10.6 Å². The van der Waals surface area contributed by atoms with Gasteiger partial charge < -0.3 is 10.1 Å². The van der Waals surface area contributed by atoms with Crippen LogP contribution in [0.5, 0.6) is 0 Å². The Bertz CT molecular complexity index is 888. The molecule has 0 aliphatic carbocycles. The van der Waals surface area contributed by atoms with Gasteiger partial charge in [-0.15, -0.1) is 0 Å².